The van der Waals surface area contributed by atoms with Gasteiger partial charge in [-0.25, -0.2) is 0 Å². The summed E-state index contributed by atoms with van der Waals surface area (Å²) in [6, 6.07) is 0. The van der Waals surface area contributed by atoms with Crippen molar-refractivity contribution in [3.8, 4) is 0 Å². The molecule has 0 N–H and O–H groups in total. The van der Waals surface area contributed by atoms with E-state index in [2.05, 4.69) is 27.7 Å². The van der Waals surface area contributed by atoms with E-state index in [1.165, 1.54) is 25.7 Å². The standard InChI is InChI=1S/C18H34/c1-13(2)15-5-9-17(10-6-15)18-11-7-16(8-12-18)14(3)4/h13-18H,5-12H2,1-4H3. The van der Waals surface area contributed by atoms with Gasteiger partial charge in [-0.1, -0.05) is 27.7 Å². The van der Waals surface area contributed by atoms with Gasteiger partial charge >= 0.3 is 0 Å². The van der Waals surface area contributed by atoms with Crippen molar-refractivity contribution in [2.45, 2.75) is 79.1 Å². The van der Waals surface area contributed by atoms with E-state index < -0.39 is 0 Å². The molecular formula is C18H34. The van der Waals surface area contributed by atoms with E-state index in [9.17, 15) is 0 Å². The molecule has 0 atom stereocenters. The highest BCUT2D eigenvalue weighted by Crippen LogP contribution is 2.43. The molecule has 2 fully saturated rings. The molecule has 106 valence electrons. The van der Waals surface area contributed by atoms with Crippen LogP contribution in [0.5, 0.6) is 0 Å². The van der Waals surface area contributed by atoms with Gasteiger partial charge in [-0.3, -0.25) is 0 Å². The fraction of sp³-hybridized carbons (Fsp3) is 1.00. The quantitative estimate of drug-likeness (QED) is 0.584. The summed E-state index contributed by atoms with van der Waals surface area (Å²) in [4.78, 5) is 0. The van der Waals surface area contributed by atoms with Gasteiger partial charge in [-0.2, -0.15) is 0 Å². The molecule has 0 nitrogen and oxygen atoms in total. The molecule has 18 heavy (non-hydrogen) atoms. The molecule has 0 aliphatic heterocycles. The molecule has 0 amide bonds. The fourth-order valence-corrected chi connectivity index (χ4v) is 4.57. The first kappa shape index (κ1) is 14.4. The zero-order chi connectivity index (χ0) is 13.1. The second-order valence-electron chi connectivity index (χ2n) is 7.84. The molecule has 2 saturated carbocycles. The highest BCUT2D eigenvalue weighted by atomic mass is 14.4. The van der Waals surface area contributed by atoms with Crippen molar-refractivity contribution in [3.63, 3.8) is 0 Å². The second-order valence-corrected chi connectivity index (χ2v) is 7.84. The second kappa shape index (κ2) is 6.44. The molecule has 0 radical (unpaired) electrons. The van der Waals surface area contributed by atoms with Gasteiger partial charge in [0.15, 0.2) is 0 Å². The molecule has 0 heteroatoms. The van der Waals surface area contributed by atoms with Crippen LogP contribution in [0.2, 0.25) is 0 Å². The molecule has 0 unspecified atom stereocenters. The normalized spacial score (nSPS) is 38.3. The lowest BCUT2D eigenvalue weighted by molar-refractivity contribution is 0.121. The Labute approximate surface area is 115 Å². The van der Waals surface area contributed by atoms with Crippen LogP contribution in [0.3, 0.4) is 0 Å². The first-order chi connectivity index (χ1) is 8.58. The van der Waals surface area contributed by atoms with Crippen LogP contribution in [0.15, 0.2) is 0 Å². The minimum absolute atomic E-state index is 0.919. The largest absolute Gasteiger partial charge is 0.0625 e. The molecule has 0 aromatic carbocycles. The maximum atomic E-state index is 2.42. The third-order valence-electron chi connectivity index (χ3n) is 6.19. The van der Waals surface area contributed by atoms with Gasteiger partial charge in [0.1, 0.15) is 0 Å². The number of hydrogen-bond donors (Lipinski definition) is 0. The van der Waals surface area contributed by atoms with E-state index >= 15 is 0 Å². The molecule has 0 aromatic rings. The van der Waals surface area contributed by atoms with E-state index in [4.69, 9.17) is 0 Å². The molecule has 2 aliphatic carbocycles. The van der Waals surface area contributed by atoms with E-state index in [-0.39, 0.29) is 0 Å². The van der Waals surface area contributed by atoms with Crippen LogP contribution in [0.4, 0.5) is 0 Å². The summed E-state index contributed by atoms with van der Waals surface area (Å²) < 4.78 is 0. The lowest BCUT2D eigenvalue weighted by Gasteiger charge is -2.39. The summed E-state index contributed by atoms with van der Waals surface area (Å²) in [5.41, 5.74) is 0. The van der Waals surface area contributed by atoms with Crippen molar-refractivity contribution in [2.75, 3.05) is 0 Å². The predicted molar refractivity (Wildman–Crippen MR) is 80.6 cm³/mol. The maximum Gasteiger partial charge on any atom is -0.0386 e. The molecule has 0 saturated heterocycles. The summed E-state index contributed by atoms with van der Waals surface area (Å²) >= 11 is 0. The monoisotopic (exact) mass is 250 g/mol. The van der Waals surface area contributed by atoms with Gasteiger partial charge in [0.05, 0.1) is 0 Å². The lowest BCUT2D eigenvalue weighted by Crippen LogP contribution is -2.28. The first-order valence-electron chi connectivity index (χ1n) is 8.58. The first-order valence-corrected chi connectivity index (χ1v) is 8.58. The van der Waals surface area contributed by atoms with Crippen LogP contribution >= 0.6 is 0 Å². The molecule has 2 aliphatic rings. The Kier molecular flexibility index (Phi) is 5.15. The van der Waals surface area contributed by atoms with Crippen molar-refractivity contribution in [1.29, 1.82) is 0 Å². The van der Waals surface area contributed by atoms with Crippen LogP contribution in [-0.4, -0.2) is 0 Å². The highest BCUT2D eigenvalue weighted by molar-refractivity contribution is 4.83. The van der Waals surface area contributed by atoms with Gasteiger partial charge in [-0.05, 0) is 86.9 Å². The Morgan fingerprint density at radius 1 is 0.500 bits per heavy atom. The minimum atomic E-state index is 0.919. The number of hydrogen-bond acceptors (Lipinski definition) is 0. The summed E-state index contributed by atoms with van der Waals surface area (Å²) in [7, 11) is 0. The van der Waals surface area contributed by atoms with Crippen LogP contribution in [0, 0.1) is 35.5 Å². The smallest absolute Gasteiger partial charge is 0.0386 e. The van der Waals surface area contributed by atoms with Gasteiger partial charge in [0, 0.05) is 0 Å². The summed E-state index contributed by atoms with van der Waals surface area (Å²) in [6.07, 6.45) is 12.2. The lowest BCUT2D eigenvalue weighted by atomic mass is 9.66. The van der Waals surface area contributed by atoms with Gasteiger partial charge < -0.3 is 0 Å². The Morgan fingerprint density at radius 3 is 1.00 bits per heavy atom. The molecule has 0 spiro atoms. The van der Waals surface area contributed by atoms with E-state index in [0.717, 1.165) is 35.5 Å². The van der Waals surface area contributed by atoms with Crippen LogP contribution in [-0.2, 0) is 0 Å². The molecule has 0 heterocycles. The summed E-state index contributed by atoms with van der Waals surface area (Å²) in [6.45, 7) is 9.66. The maximum absolute atomic E-state index is 2.42. The molecule has 0 bridgehead atoms. The average molecular weight is 250 g/mol. The third-order valence-corrected chi connectivity index (χ3v) is 6.19. The molecule has 0 aromatic heterocycles. The Balaban J connectivity index is 1.75. The summed E-state index contributed by atoms with van der Waals surface area (Å²) in [5.74, 6) is 6.09. The zero-order valence-electron chi connectivity index (χ0n) is 13.1. The SMILES string of the molecule is CC(C)C1CCC(C2CCC(C(C)C)CC2)CC1. The van der Waals surface area contributed by atoms with Gasteiger partial charge in [0.25, 0.3) is 0 Å². The van der Waals surface area contributed by atoms with Crippen molar-refractivity contribution in [1.82, 2.24) is 0 Å². The van der Waals surface area contributed by atoms with Crippen LogP contribution in [0.25, 0.3) is 0 Å². The fourth-order valence-electron chi connectivity index (χ4n) is 4.57. The zero-order valence-corrected chi connectivity index (χ0v) is 13.1. The van der Waals surface area contributed by atoms with Gasteiger partial charge in [0.2, 0.25) is 0 Å². The van der Waals surface area contributed by atoms with E-state index in [1.54, 1.807) is 25.7 Å². The minimum Gasteiger partial charge on any atom is -0.0625 e. The summed E-state index contributed by atoms with van der Waals surface area (Å²) in [5, 5.41) is 0. The molecule has 2 rings (SSSR count). The van der Waals surface area contributed by atoms with E-state index in [1.807, 2.05) is 0 Å². The average Bonchev–Trinajstić information content (AvgIpc) is 2.39. The van der Waals surface area contributed by atoms with Gasteiger partial charge in [-0.15, -0.1) is 0 Å². The predicted octanol–water partition coefficient (Wildman–Crippen LogP) is 5.91. The number of rotatable bonds is 3. The Hall–Kier alpha value is 0. The highest BCUT2D eigenvalue weighted by Gasteiger charge is 2.31. The van der Waals surface area contributed by atoms with Crippen molar-refractivity contribution in [2.24, 2.45) is 35.5 Å². The van der Waals surface area contributed by atoms with Crippen molar-refractivity contribution < 1.29 is 0 Å². The van der Waals surface area contributed by atoms with Crippen molar-refractivity contribution >= 4 is 0 Å². The third kappa shape index (κ3) is 3.52. The Bertz CT molecular complexity index is 198. The van der Waals surface area contributed by atoms with Crippen molar-refractivity contribution in [3.05, 3.63) is 0 Å². The topological polar surface area (TPSA) is 0 Å². The molecular weight excluding hydrogens is 216 g/mol. The van der Waals surface area contributed by atoms with Crippen LogP contribution < -0.4 is 0 Å². The van der Waals surface area contributed by atoms with E-state index in [0.29, 0.717) is 0 Å². The Morgan fingerprint density at radius 2 is 0.778 bits per heavy atom. The van der Waals surface area contributed by atoms with Crippen LogP contribution in [0.1, 0.15) is 79.1 Å².